The number of benzene rings is 3. The van der Waals surface area contributed by atoms with Crippen LogP contribution < -0.4 is 9.80 Å². The van der Waals surface area contributed by atoms with E-state index in [0.717, 1.165) is 36.4 Å². The van der Waals surface area contributed by atoms with Gasteiger partial charge in [-0.3, -0.25) is 4.79 Å². The van der Waals surface area contributed by atoms with Gasteiger partial charge in [0, 0.05) is 49.7 Å². The highest BCUT2D eigenvalue weighted by Crippen LogP contribution is 2.33. The summed E-state index contributed by atoms with van der Waals surface area (Å²) in [6.45, 7) is 3.69. The minimum atomic E-state index is -0.303. The Morgan fingerprint density at radius 3 is 2.62 bits per heavy atom. The van der Waals surface area contributed by atoms with Gasteiger partial charge in [0.25, 0.3) is 0 Å². The van der Waals surface area contributed by atoms with Crippen LogP contribution in [0.2, 0.25) is 0 Å². The first kappa shape index (κ1) is 26.3. The third kappa shape index (κ3) is 6.50. The second kappa shape index (κ2) is 12.4. The number of ether oxygens (including phenoxy) is 2. The number of rotatable bonds is 10. The predicted octanol–water partition coefficient (Wildman–Crippen LogP) is 6.36. The van der Waals surface area contributed by atoms with Gasteiger partial charge in [0.15, 0.2) is 0 Å². The van der Waals surface area contributed by atoms with Crippen LogP contribution >= 0.6 is 0 Å². The van der Waals surface area contributed by atoms with Gasteiger partial charge in [-0.25, -0.2) is 4.39 Å². The molecule has 194 valence electrons. The Morgan fingerprint density at radius 2 is 1.89 bits per heavy atom. The molecular weight excluding hydrogens is 467 g/mol. The maximum atomic E-state index is 14.8. The quantitative estimate of drug-likeness (QED) is 0.239. The van der Waals surface area contributed by atoms with E-state index in [1.54, 1.807) is 26.2 Å². The first-order chi connectivity index (χ1) is 18.0. The van der Waals surface area contributed by atoms with Crippen LogP contribution in [0, 0.1) is 5.82 Å². The normalized spacial score (nSPS) is 13.2. The van der Waals surface area contributed by atoms with Crippen molar-refractivity contribution in [2.45, 2.75) is 39.2 Å². The van der Waals surface area contributed by atoms with Crippen LogP contribution in [0.5, 0.6) is 0 Å². The average molecular weight is 503 g/mol. The number of hydrogen-bond acceptors (Lipinski definition) is 5. The molecule has 0 unspecified atom stereocenters. The summed E-state index contributed by atoms with van der Waals surface area (Å²) in [5.74, 6) is 0.227. The third-order valence-corrected chi connectivity index (χ3v) is 6.72. The molecule has 37 heavy (non-hydrogen) atoms. The third-order valence-electron chi connectivity index (χ3n) is 6.72. The van der Waals surface area contributed by atoms with E-state index in [4.69, 9.17) is 9.47 Å². The minimum absolute atomic E-state index is 0.177. The highest BCUT2D eigenvalue weighted by Gasteiger charge is 2.20. The highest BCUT2D eigenvalue weighted by molar-refractivity contribution is 5.70. The highest BCUT2D eigenvalue weighted by atomic mass is 19.1. The van der Waals surface area contributed by atoms with Crippen molar-refractivity contribution in [2.75, 3.05) is 37.1 Å². The van der Waals surface area contributed by atoms with Crippen LogP contribution in [-0.4, -0.2) is 33.3 Å². The van der Waals surface area contributed by atoms with Gasteiger partial charge in [0.2, 0.25) is 0 Å². The van der Waals surface area contributed by atoms with E-state index in [2.05, 4.69) is 34.2 Å². The van der Waals surface area contributed by atoms with Gasteiger partial charge in [0.1, 0.15) is 11.6 Å². The molecule has 0 aromatic heterocycles. The summed E-state index contributed by atoms with van der Waals surface area (Å²) in [5.41, 5.74) is 6.09. The van der Waals surface area contributed by atoms with Crippen LogP contribution in [0.25, 0.3) is 5.76 Å². The molecule has 1 aliphatic rings. The summed E-state index contributed by atoms with van der Waals surface area (Å²) in [5, 5.41) is 0. The fraction of sp³-hybridized carbons (Fsp3) is 0.323. The van der Waals surface area contributed by atoms with Gasteiger partial charge in [-0.1, -0.05) is 48.5 Å². The summed E-state index contributed by atoms with van der Waals surface area (Å²) in [6.07, 6.45) is 4.64. The Morgan fingerprint density at radius 1 is 1.08 bits per heavy atom. The van der Waals surface area contributed by atoms with Crippen molar-refractivity contribution in [1.82, 2.24) is 0 Å². The van der Waals surface area contributed by atoms with Crippen molar-refractivity contribution in [1.29, 1.82) is 0 Å². The van der Waals surface area contributed by atoms with Crippen molar-refractivity contribution < 1.29 is 18.7 Å². The molecule has 5 nitrogen and oxygen atoms in total. The summed E-state index contributed by atoms with van der Waals surface area (Å²) < 4.78 is 25.5. The molecule has 0 saturated carbocycles. The van der Waals surface area contributed by atoms with E-state index in [0.29, 0.717) is 25.1 Å². The number of nitrogens with zero attached hydrogens (tertiary/aromatic N) is 2. The molecule has 3 aromatic carbocycles. The fourth-order valence-electron chi connectivity index (χ4n) is 4.79. The van der Waals surface area contributed by atoms with Crippen LogP contribution in [0.15, 0.2) is 72.9 Å². The van der Waals surface area contributed by atoms with Gasteiger partial charge >= 0.3 is 5.97 Å². The molecule has 0 spiro atoms. The first-order valence-electron chi connectivity index (χ1n) is 12.8. The molecule has 0 N–H and O–H groups in total. The smallest absolute Gasteiger partial charge is 0.306 e. The van der Waals surface area contributed by atoms with Gasteiger partial charge in [-0.2, -0.15) is 0 Å². The van der Waals surface area contributed by atoms with Gasteiger partial charge in [-0.15, -0.1) is 0 Å². The SMILES string of the molecule is CCOC(=O)CCc1ccc(N(C)Cc2cccc3c2CCCN3C=C(OC)c2ccccc2)cc1F. The Balaban J connectivity index is 1.51. The molecule has 0 amide bonds. The first-order valence-corrected chi connectivity index (χ1v) is 12.8. The van der Waals surface area contributed by atoms with Crippen molar-refractivity contribution in [3.63, 3.8) is 0 Å². The molecule has 0 bridgehead atoms. The summed E-state index contributed by atoms with van der Waals surface area (Å²) in [4.78, 5) is 16.0. The lowest BCUT2D eigenvalue weighted by atomic mass is 9.96. The van der Waals surface area contributed by atoms with E-state index in [-0.39, 0.29) is 18.2 Å². The average Bonchev–Trinajstić information content (AvgIpc) is 2.92. The Bertz CT molecular complexity index is 1240. The van der Waals surface area contributed by atoms with Crippen molar-refractivity contribution in [2.24, 2.45) is 0 Å². The number of halogens is 1. The minimum Gasteiger partial charge on any atom is -0.495 e. The lowest BCUT2D eigenvalue weighted by Crippen LogP contribution is -2.26. The van der Waals surface area contributed by atoms with Crippen molar-refractivity contribution >= 4 is 23.1 Å². The maximum absolute atomic E-state index is 14.8. The lowest BCUT2D eigenvalue weighted by molar-refractivity contribution is -0.143. The van der Waals surface area contributed by atoms with E-state index in [1.165, 1.54) is 16.8 Å². The van der Waals surface area contributed by atoms with E-state index in [9.17, 15) is 9.18 Å². The van der Waals surface area contributed by atoms with Crippen LogP contribution in [0.1, 0.15) is 42.0 Å². The Labute approximate surface area is 219 Å². The number of aryl methyl sites for hydroxylation is 1. The fourth-order valence-corrected chi connectivity index (χ4v) is 4.79. The van der Waals surface area contributed by atoms with Crippen molar-refractivity contribution in [3.05, 3.63) is 101 Å². The Kier molecular flexibility index (Phi) is 8.83. The van der Waals surface area contributed by atoms with Crippen molar-refractivity contribution in [3.8, 4) is 0 Å². The molecule has 0 atom stereocenters. The molecule has 0 radical (unpaired) electrons. The standard InChI is InChI=1S/C31H35FN2O3/c1-4-37-31(35)18-16-23-15-17-26(20-28(23)32)33(2)21-25-12-8-14-29-27(25)13-9-19-34(29)22-30(36-3)24-10-6-5-7-11-24/h5-8,10-12,14-15,17,20,22H,4,9,13,16,18-19,21H2,1-3H3. The molecule has 6 heteroatoms. The van der Waals surface area contributed by atoms with Crippen LogP contribution in [-0.2, 0) is 33.7 Å². The molecular formula is C31H35FN2O3. The molecule has 4 rings (SSSR count). The second-order valence-corrected chi connectivity index (χ2v) is 9.21. The molecule has 0 aliphatic carbocycles. The lowest BCUT2D eigenvalue weighted by Gasteiger charge is -2.31. The molecule has 0 fully saturated rings. The zero-order valence-corrected chi connectivity index (χ0v) is 21.9. The monoisotopic (exact) mass is 502 g/mol. The molecule has 1 aliphatic heterocycles. The molecule has 1 heterocycles. The van der Waals surface area contributed by atoms with E-state index in [1.807, 2.05) is 43.4 Å². The number of hydrogen-bond donors (Lipinski definition) is 0. The summed E-state index contributed by atoms with van der Waals surface area (Å²) in [6, 6.07) is 21.7. The van der Waals surface area contributed by atoms with Gasteiger partial charge in [-0.05, 0) is 61.1 Å². The molecule has 3 aromatic rings. The summed E-state index contributed by atoms with van der Waals surface area (Å²) >= 11 is 0. The maximum Gasteiger partial charge on any atom is 0.306 e. The van der Waals surface area contributed by atoms with E-state index >= 15 is 0 Å². The summed E-state index contributed by atoms with van der Waals surface area (Å²) in [7, 11) is 3.68. The number of methoxy groups -OCH3 is 1. The molecule has 0 saturated heterocycles. The Hall–Kier alpha value is -3.80. The predicted molar refractivity (Wildman–Crippen MR) is 147 cm³/mol. The largest absolute Gasteiger partial charge is 0.495 e. The van der Waals surface area contributed by atoms with Crippen LogP contribution in [0.3, 0.4) is 0 Å². The number of carbonyl (C=O) groups excluding carboxylic acids is 1. The number of carbonyl (C=O) groups is 1. The topological polar surface area (TPSA) is 42.0 Å². The zero-order chi connectivity index (χ0) is 26.2. The second-order valence-electron chi connectivity index (χ2n) is 9.21. The van der Waals surface area contributed by atoms with Crippen LogP contribution in [0.4, 0.5) is 15.8 Å². The van der Waals surface area contributed by atoms with E-state index < -0.39 is 0 Å². The number of esters is 1. The van der Waals surface area contributed by atoms with Gasteiger partial charge in [0.05, 0.1) is 13.7 Å². The number of anilines is 2. The van der Waals surface area contributed by atoms with Gasteiger partial charge < -0.3 is 19.3 Å². The zero-order valence-electron chi connectivity index (χ0n) is 21.9. The number of fused-ring (bicyclic) bond motifs is 1.